The van der Waals surface area contributed by atoms with Gasteiger partial charge in [-0.3, -0.25) is 4.79 Å². The van der Waals surface area contributed by atoms with Gasteiger partial charge >= 0.3 is 0 Å². The second-order valence-corrected chi connectivity index (χ2v) is 4.61. The van der Waals surface area contributed by atoms with E-state index in [1.165, 1.54) is 0 Å². The predicted molar refractivity (Wildman–Crippen MR) is 66.7 cm³/mol. The second-order valence-electron chi connectivity index (χ2n) is 4.61. The number of hydrogen-bond donors (Lipinski definition) is 1. The van der Waals surface area contributed by atoms with Crippen molar-refractivity contribution in [3.8, 4) is 0 Å². The van der Waals surface area contributed by atoms with Crippen LogP contribution in [-0.4, -0.2) is 43.7 Å². The molecule has 4 nitrogen and oxygen atoms in total. The van der Waals surface area contributed by atoms with Gasteiger partial charge in [-0.05, 0) is 26.7 Å². The highest BCUT2D eigenvalue weighted by Gasteiger charge is 2.40. The van der Waals surface area contributed by atoms with Crippen LogP contribution >= 0.6 is 12.4 Å². The van der Waals surface area contributed by atoms with E-state index in [0.29, 0.717) is 19.8 Å². The Morgan fingerprint density at radius 3 is 2.31 bits per heavy atom. The molecule has 0 bridgehead atoms. The first-order valence-corrected chi connectivity index (χ1v) is 5.58. The fourth-order valence-electron chi connectivity index (χ4n) is 1.88. The molecule has 0 aromatic rings. The molecule has 0 saturated carbocycles. The van der Waals surface area contributed by atoms with Crippen LogP contribution in [0.15, 0.2) is 0 Å². The number of ether oxygens (including phenoxy) is 1. The van der Waals surface area contributed by atoms with Gasteiger partial charge in [-0.2, -0.15) is 0 Å². The maximum atomic E-state index is 12.3. The first-order chi connectivity index (χ1) is 7.03. The van der Waals surface area contributed by atoms with Crippen molar-refractivity contribution in [2.75, 3.05) is 26.8 Å². The van der Waals surface area contributed by atoms with Crippen LogP contribution in [0.2, 0.25) is 0 Å². The fraction of sp³-hybridized carbons (Fsp3) is 0.909. The first-order valence-electron chi connectivity index (χ1n) is 5.58. The Hall–Kier alpha value is -0.320. The standard InChI is InChI=1S/C11H22N2O2.ClH/c1-9(2)13(3)10(14)11(8-12)4-6-15-7-5-11;/h9H,4-8,12H2,1-3H3;1H. The SMILES string of the molecule is CC(C)N(C)C(=O)C1(CN)CCOCC1.Cl. The molecule has 1 amide bonds. The molecule has 1 aliphatic rings. The van der Waals surface area contributed by atoms with Crippen molar-refractivity contribution in [3.05, 3.63) is 0 Å². The maximum absolute atomic E-state index is 12.3. The molecular weight excluding hydrogens is 228 g/mol. The van der Waals surface area contributed by atoms with Gasteiger partial charge in [0.25, 0.3) is 0 Å². The van der Waals surface area contributed by atoms with Crippen molar-refractivity contribution >= 4 is 18.3 Å². The lowest BCUT2D eigenvalue weighted by Crippen LogP contribution is -2.51. The molecule has 0 radical (unpaired) electrons. The zero-order valence-electron chi connectivity index (χ0n) is 10.4. The highest BCUT2D eigenvalue weighted by Crippen LogP contribution is 2.31. The van der Waals surface area contributed by atoms with E-state index >= 15 is 0 Å². The zero-order valence-corrected chi connectivity index (χ0v) is 11.2. The van der Waals surface area contributed by atoms with Gasteiger partial charge in [-0.15, -0.1) is 12.4 Å². The molecule has 0 aromatic carbocycles. The molecule has 1 saturated heterocycles. The van der Waals surface area contributed by atoms with Gasteiger partial charge in [0.1, 0.15) is 0 Å². The van der Waals surface area contributed by atoms with E-state index in [1.807, 2.05) is 20.9 Å². The molecule has 5 heteroatoms. The summed E-state index contributed by atoms with van der Waals surface area (Å²) in [7, 11) is 1.85. The van der Waals surface area contributed by atoms with Gasteiger partial charge in [0, 0.05) is 32.8 Å². The first kappa shape index (κ1) is 15.7. The van der Waals surface area contributed by atoms with Crippen molar-refractivity contribution in [3.63, 3.8) is 0 Å². The Morgan fingerprint density at radius 2 is 1.94 bits per heavy atom. The van der Waals surface area contributed by atoms with Crippen LogP contribution in [0.3, 0.4) is 0 Å². The Balaban J connectivity index is 0.00000225. The minimum atomic E-state index is -0.378. The fourth-order valence-corrected chi connectivity index (χ4v) is 1.88. The Morgan fingerprint density at radius 1 is 1.44 bits per heavy atom. The number of hydrogen-bond acceptors (Lipinski definition) is 3. The molecule has 0 aliphatic carbocycles. The molecule has 16 heavy (non-hydrogen) atoms. The average molecular weight is 251 g/mol. The third-order valence-corrected chi connectivity index (χ3v) is 3.39. The number of nitrogens with two attached hydrogens (primary N) is 1. The Labute approximate surface area is 104 Å². The molecule has 96 valence electrons. The van der Waals surface area contributed by atoms with Gasteiger partial charge < -0.3 is 15.4 Å². The molecular formula is C11H23ClN2O2. The van der Waals surface area contributed by atoms with Crippen LogP contribution in [0.5, 0.6) is 0 Å². The summed E-state index contributed by atoms with van der Waals surface area (Å²) in [5.41, 5.74) is 5.40. The summed E-state index contributed by atoms with van der Waals surface area (Å²) in [6, 6.07) is 0.226. The van der Waals surface area contributed by atoms with Crippen LogP contribution in [0, 0.1) is 5.41 Å². The van der Waals surface area contributed by atoms with Gasteiger partial charge in [-0.25, -0.2) is 0 Å². The lowest BCUT2D eigenvalue weighted by molar-refractivity contribution is -0.147. The average Bonchev–Trinajstić information content (AvgIpc) is 2.27. The summed E-state index contributed by atoms with van der Waals surface area (Å²) in [6.07, 6.45) is 1.50. The lowest BCUT2D eigenvalue weighted by atomic mass is 9.78. The van der Waals surface area contributed by atoms with Crippen molar-refractivity contribution in [1.82, 2.24) is 4.90 Å². The highest BCUT2D eigenvalue weighted by atomic mass is 35.5. The van der Waals surface area contributed by atoms with Crippen molar-refractivity contribution < 1.29 is 9.53 Å². The lowest BCUT2D eigenvalue weighted by Gasteiger charge is -2.38. The normalized spacial score (nSPS) is 19.1. The summed E-state index contributed by atoms with van der Waals surface area (Å²) < 4.78 is 5.29. The van der Waals surface area contributed by atoms with Crippen molar-refractivity contribution in [2.24, 2.45) is 11.1 Å². The summed E-state index contributed by atoms with van der Waals surface area (Å²) in [6.45, 7) is 5.75. The number of carbonyl (C=O) groups excluding carboxylic acids is 1. The van der Waals surface area contributed by atoms with E-state index in [0.717, 1.165) is 12.8 Å². The Kier molecular flexibility index (Phi) is 6.30. The number of rotatable bonds is 3. The second kappa shape index (κ2) is 6.42. The van der Waals surface area contributed by atoms with Gasteiger partial charge in [0.2, 0.25) is 5.91 Å². The smallest absolute Gasteiger partial charge is 0.230 e. The van der Waals surface area contributed by atoms with E-state index in [4.69, 9.17) is 10.5 Å². The van der Waals surface area contributed by atoms with Crippen LogP contribution in [0.1, 0.15) is 26.7 Å². The molecule has 0 unspecified atom stereocenters. The van der Waals surface area contributed by atoms with Crippen LogP contribution in [0.4, 0.5) is 0 Å². The quantitative estimate of drug-likeness (QED) is 0.814. The third-order valence-electron chi connectivity index (χ3n) is 3.39. The number of halogens is 1. The molecule has 0 atom stereocenters. The largest absolute Gasteiger partial charge is 0.381 e. The van der Waals surface area contributed by atoms with E-state index < -0.39 is 0 Å². The minimum absolute atomic E-state index is 0. The molecule has 1 aliphatic heterocycles. The topological polar surface area (TPSA) is 55.6 Å². The molecule has 1 fully saturated rings. The highest BCUT2D eigenvalue weighted by molar-refractivity contribution is 5.85. The monoisotopic (exact) mass is 250 g/mol. The minimum Gasteiger partial charge on any atom is -0.381 e. The summed E-state index contributed by atoms with van der Waals surface area (Å²) in [4.78, 5) is 14.1. The van der Waals surface area contributed by atoms with E-state index in [-0.39, 0.29) is 29.8 Å². The number of amides is 1. The Bertz CT molecular complexity index is 228. The summed E-state index contributed by atoms with van der Waals surface area (Å²) in [5, 5.41) is 0. The van der Waals surface area contributed by atoms with Crippen LogP contribution < -0.4 is 5.73 Å². The molecule has 0 spiro atoms. The van der Waals surface area contributed by atoms with E-state index in [9.17, 15) is 4.79 Å². The number of nitrogens with zero attached hydrogens (tertiary/aromatic N) is 1. The van der Waals surface area contributed by atoms with E-state index in [2.05, 4.69) is 0 Å². The predicted octanol–water partition coefficient (Wildman–Crippen LogP) is 1.03. The van der Waals surface area contributed by atoms with Gasteiger partial charge in [-0.1, -0.05) is 0 Å². The van der Waals surface area contributed by atoms with Crippen LogP contribution in [0.25, 0.3) is 0 Å². The number of carbonyl (C=O) groups is 1. The molecule has 1 rings (SSSR count). The summed E-state index contributed by atoms with van der Waals surface area (Å²) in [5.74, 6) is 0.170. The van der Waals surface area contributed by atoms with Crippen molar-refractivity contribution in [2.45, 2.75) is 32.7 Å². The molecule has 1 heterocycles. The van der Waals surface area contributed by atoms with E-state index in [1.54, 1.807) is 4.90 Å². The van der Waals surface area contributed by atoms with Gasteiger partial charge in [0.15, 0.2) is 0 Å². The third kappa shape index (κ3) is 3.09. The molecule has 0 aromatic heterocycles. The van der Waals surface area contributed by atoms with Gasteiger partial charge in [0.05, 0.1) is 5.41 Å². The zero-order chi connectivity index (χ0) is 11.5. The van der Waals surface area contributed by atoms with Crippen molar-refractivity contribution in [1.29, 1.82) is 0 Å². The summed E-state index contributed by atoms with van der Waals surface area (Å²) >= 11 is 0. The molecule has 2 N–H and O–H groups in total. The van der Waals surface area contributed by atoms with Crippen LogP contribution in [-0.2, 0) is 9.53 Å². The maximum Gasteiger partial charge on any atom is 0.230 e.